The molecule has 3 aliphatic heterocycles. The van der Waals surface area contributed by atoms with E-state index in [-0.39, 0.29) is 0 Å². The summed E-state index contributed by atoms with van der Waals surface area (Å²) in [4.78, 5) is 5.37. The molecule has 0 saturated carbocycles. The summed E-state index contributed by atoms with van der Waals surface area (Å²) in [6.07, 6.45) is 6.72. The zero-order valence-electron chi connectivity index (χ0n) is 13.9. The average molecular weight is 295 g/mol. The molecule has 0 spiro atoms. The van der Waals surface area contributed by atoms with Crippen LogP contribution >= 0.6 is 0 Å². The Morgan fingerprint density at radius 3 is 2.76 bits per heavy atom. The number of rotatable bonds is 4. The van der Waals surface area contributed by atoms with Crippen molar-refractivity contribution in [3.8, 4) is 0 Å². The molecule has 0 bridgehead atoms. The van der Waals surface area contributed by atoms with Crippen molar-refractivity contribution < 1.29 is 4.74 Å². The van der Waals surface area contributed by atoms with Gasteiger partial charge in [0.15, 0.2) is 0 Å². The van der Waals surface area contributed by atoms with Crippen LogP contribution in [-0.2, 0) is 4.74 Å². The number of nitrogens with one attached hydrogen (secondary N) is 1. The smallest absolute Gasteiger partial charge is 0.0531 e. The van der Waals surface area contributed by atoms with E-state index < -0.39 is 0 Å². The van der Waals surface area contributed by atoms with E-state index >= 15 is 0 Å². The zero-order chi connectivity index (χ0) is 14.7. The lowest BCUT2D eigenvalue weighted by Gasteiger charge is -2.49. The molecule has 3 rings (SSSR count). The van der Waals surface area contributed by atoms with Gasteiger partial charge < -0.3 is 19.9 Å². The van der Waals surface area contributed by atoms with Crippen LogP contribution in [0.3, 0.4) is 0 Å². The van der Waals surface area contributed by atoms with Gasteiger partial charge >= 0.3 is 0 Å². The van der Waals surface area contributed by atoms with Crippen LogP contribution in [-0.4, -0.2) is 75.9 Å². The predicted octanol–water partition coefficient (Wildman–Crippen LogP) is 1.42. The minimum Gasteiger partial charge on any atom is -0.384 e. The maximum absolute atomic E-state index is 5.59. The highest BCUT2D eigenvalue weighted by atomic mass is 16.5. The normalized spacial score (nSPS) is 34.6. The summed E-state index contributed by atoms with van der Waals surface area (Å²) in [5.41, 5.74) is 0.396. The summed E-state index contributed by atoms with van der Waals surface area (Å²) < 4.78 is 5.59. The third-order valence-electron chi connectivity index (χ3n) is 6.10. The highest BCUT2D eigenvalue weighted by Gasteiger charge is 2.39. The third-order valence-corrected chi connectivity index (χ3v) is 6.10. The molecule has 0 aliphatic carbocycles. The van der Waals surface area contributed by atoms with Crippen LogP contribution in [0.2, 0.25) is 0 Å². The molecule has 0 aromatic carbocycles. The summed E-state index contributed by atoms with van der Waals surface area (Å²) in [7, 11) is 4.19. The van der Waals surface area contributed by atoms with E-state index in [1.165, 1.54) is 58.3 Å². The minimum atomic E-state index is 0.396. The van der Waals surface area contributed by atoms with Crippen LogP contribution in [0.25, 0.3) is 0 Å². The Morgan fingerprint density at radius 1 is 1.19 bits per heavy atom. The highest BCUT2D eigenvalue weighted by Crippen LogP contribution is 2.34. The van der Waals surface area contributed by atoms with Crippen LogP contribution in [0, 0.1) is 11.3 Å². The summed E-state index contributed by atoms with van der Waals surface area (Å²) in [6, 6.07) is 0.849. The van der Waals surface area contributed by atoms with Crippen LogP contribution in [0.5, 0.6) is 0 Å². The van der Waals surface area contributed by atoms with E-state index in [4.69, 9.17) is 4.74 Å². The first-order valence-electron chi connectivity index (χ1n) is 8.85. The molecule has 2 unspecified atom stereocenters. The van der Waals surface area contributed by atoms with Gasteiger partial charge in [0, 0.05) is 31.7 Å². The highest BCUT2D eigenvalue weighted by molar-refractivity contribution is 4.93. The van der Waals surface area contributed by atoms with Crippen LogP contribution in [0.4, 0.5) is 0 Å². The lowest BCUT2D eigenvalue weighted by atomic mass is 9.77. The Morgan fingerprint density at radius 2 is 2.00 bits per heavy atom. The topological polar surface area (TPSA) is 27.7 Å². The van der Waals surface area contributed by atoms with Crippen molar-refractivity contribution in [3.05, 3.63) is 0 Å². The van der Waals surface area contributed by atoms with Gasteiger partial charge in [0.05, 0.1) is 6.61 Å². The monoisotopic (exact) mass is 295 g/mol. The molecule has 4 heteroatoms. The number of ether oxygens (including phenoxy) is 1. The molecule has 0 amide bonds. The van der Waals surface area contributed by atoms with Gasteiger partial charge in [-0.1, -0.05) is 0 Å². The quantitative estimate of drug-likeness (QED) is 0.849. The number of piperidine rings is 3. The Balaban J connectivity index is 1.59. The van der Waals surface area contributed by atoms with Crippen molar-refractivity contribution in [1.29, 1.82) is 0 Å². The largest absolute Gasteiger partial charge is 0.384 e. The van der Waals surface area contributed by atoms with Crippen LogP contribution < -0.4 is 5.32 Å². The summed E-state index contributed by atoms with van der Waals surface area (Å²) in [5, 5.41) is 3.51. The van der Waals surface area contributed by atoms with Gasteiger partial charge in [0.2, 0.25) is 0 Å². The molecule has 3 aliphatic rings. The SMILES string of the molecule is COCC1(CN2CCC3C(CCCN3C)C2)CCNCC1. The predicted molar refractivity (Wildman–Crippen MR) is 86.6 cm³/mol. The summed E-state index contributed by atoms with van der Waals surface area (Å²) in [6.45, 7) is 8.39. The van der Waals surface area contributed by atoms with Gasteiger partial charge in [-0.3, -0.25) is 0 Å². The molecule has 21 heavy (non-hydrogen) atoms. The number of likely N-dealkylation sites (tertiary alicyclic amines) is 2. The van der Waals surface area contributed by atoms with Crippen LogP contribution in [0.15, 0.2) is 0 Å². The van der Waals surface area contributed by atoms with Crippen molar-refractivity contribution in [2.45, 2.75) is 38.1 Å². The van der Waals surface area contributed by atoms with Gasteiger partial charge in [-0.15, -0.1) is 0 Å². The molecule has 3 saturated heterocycles. The number of fused-ring (bicyclic) bond motifs is 1. The van der Waals surface area contributed by atoms with E-state index in [0.717, 1.165) is 31.7 Å². The number of methoxy groups -OCH3 is 1. The Kier molecular flexibility index (Phi) is 5.20. The van der Waals surface area contributed by atoms with E-state index in [0.29, 0.717) is 5.41 Å². The Bertz CT molecular complexity index is 324. The lowest BCUT2D eigenvalue weighted by Crippen LogP contribution is -2.55. The maximum Gasteiger partial charge on any atom is 0.0531 e. The first-order valence-corrected chi connectivity index (χ1v) is 8.85. The number of hydrogen-bond donors (Lipinski definition) is 1. The minimum absolute atomic E-state index is 0.396. The van der Waals surface area contributed by atoms with Crippen LogP contribution in [0.1, 0.15) is 32.1 Å². The number of nitrogens with zero attached hydrogens (tertiary/aromatic N) is 2. The molecular weight excluding hydrogens is 262 g/mol. The first kappa shape index (κ1) is 15.7. The van der Waals surface area contributed by atoms with Gasteiger partial charge in [-0.2, -0.15) is 0 Å². The number of hydrogen-bond acceptors (Lipinski definition) is 4. The summed E-state index contributed by atoms with van der Waals surface area (Å²) >= 11 is 0. The van der Waals surface area contributed by atoms with Crippen molar-refractivity contribution >= 4 is 0 Å². The molecule has 3 heterocycles. The summed E-state index contributed by atoms with van der Waals surface area (Å²) in [5.74, 6) is 0.902. The fourth-order valence-corrected chi connectivity index (χ4v) is 4.96. The fourth-order valence-electron chi connectivity index (χ4n) is 4.96. The molecule has 2 atom stereocenters. The molecule has 0 radical (unpaired) electrons. The molecule has 3 fully saturated rings. The van der Waals surface area contributed by atoms with Crippen molar-refractivity contribution in [2.24, 2.45) is 11.3 Å². The van der Waals surface area contributed by atoms with E-state index in [2.05, 4.69) is 22.2 Å². The molecule has 0 aromatic heterocycles. The van der Waals surface area contributed by atoms with Crippen molar-refractivity contribution in [3.63, 3.8) is 0 Å². The van der Waals surface area contributed by atoms with Crippen molar-refractivity contribution in [1.82, 2.24) is 15.1 Å². The van der Waals surface area contributed by atoms with Crippen molar-refractivity contribution in [2.75, 3.05) is 60.0 Å². The molecule has 122 valence electrons. The lowest BCUT2D eigenvalue weighted by molar-refractivity contribution is -0.0143. The Labute approximate surface area is 130 Å². The zero-order valence-corrected chi connectivity index (χ0v) is 13.9. The second-order valence-corrected chi connectivity index (χ2v) is 7.66. The van der Waals surface area contributed by atoms with E-state index in [1.54, 1.807) is 0 Å². The second-order valence-electron chi connectivity index (χ2n) is 7.66. The molecular formula is C17H33N3O. The molecule has 4 nitrogen and oxygen atoms in total. The fraction of sp³-hybridized carbons (Fsp3) is 1.00. The van der Waals surface area contributed by atoms with Gasteiger partial charge in [0.25, 0.3) is 0 Å². The van der Waals surface area contributed by atoms with Gasteiger partial charge in [-0.25, -0.2) is 0 Å². The Hall–Kier alpha value is -0.160. The van der Waals surface area contributed by atoms with E-state index in [1.807, 2.05) is 7.11 Å². The van der Waals surface area contributed by atoms with Gasteiger partial charge in [-0.05, 0) is 71.2 Å². The first-order chi connectivity index (χ1) is 10.2. The second kappa shape index (κ2) is 6.95. The average Bonchev–Trinajstić information content (AvgIpc) is 2.48. The molecule has 1 N–H and O–H groups in total. The standard InChI is InChI=1S/C17H33N3O/c1-19-10-3-4-15-12-20(11-5-16(15)19)13-17(14-21-2)6-8-18-9-7-17/h15-16,18H,3-14H2,1-2H3. The third kappa shape index (κ3) is 3.61. The van der Waals surface area contributed by atoms with E-state index in [9.17, 15) is 0 Å². The molecule has 0 aromatic rings. The van der Waals surface area contributed by atoms with Gasteiger partial charge in [0.1, 0.15) is 0 Å². The maximum atomic E-state index is 5.59.